The quantitative estimate of drug-likeness (QED) is 0.617. The Bertz CT molecular complexity index is 857. The van der Waals surface area contributed by atoms with Gasteiger partial charge in [0, 0.05) is 11.4 Å². The van der Waals surface area contributed by atoms with E-state index in [4.69, 9.17) is 11.6 Å². The van der Waals surface area contributed by atoms with Crippen molar-refractivity contribution in [2.24, 2.45) is 0 Å². The first-order valence-corrected chi connectivity index (χ1v) is 8.81. The zero-order chi connectivity index (χ0) is 20.2. The van der Waals surface area contributed by atoms with Crippen LogP contribution in [-0.2, 0) is 5.88 Å². The van der Waals surface area contributed by atoms with Gasteiger partial charge >= 0.3 is 5.97 Å². The highest BCUT2D eigenvalue weighted by Crippen LogP contribution is 2.19. The molecular weight excluding hydrogens is 368 g/mol. The number of halogens is 1. The van der Waals surface area contributed by atoms with Crippen molar-refractivity contribution in [3.63, 3.8) is 0 Å². The summed E-state index contributed by atoms with van der Waals surface area (Å²) in [6.45, 7) is 5.22. The number of benzene rings is 2. The van der Waals surface area contributed by atoms with Gasteiger partial charge in [0.1, 0.15) is 0 Å². The number of alkyl halides is 1. The maximum absolute atomic E-state index is 13.0. The molecule has 0 aromatic heterocycles. The molecule has 0 saturated carbocycles. The Morgan fingerprint density at radius 3 is 2.04 bits per heavy atom. The summed E-state index contributed by atoms with van der Waals surface area (Å²) in [5.74, 6) is -1.96. The van der Waals surface area contributed by atoms with Crippen LogP contribution in [-0.4, -0.2) is 33.4 Å². The molecule has 0 bridgehead atoms. The minimum absolute atomic E-state index is 0.00212. The average molecular weight is 389 g/mol. The molecule has 0 saturated heterocycles. The van der Waals surface area contributed by atoms with Crippen molar-refractivity contribution in [3.05, 3.63) is 70.8 Å². The lowest BCUT2D eigenvalue weighted by Crippen LogP contribution is -2.56. The number of carbonyl (C=O) groups is 3. The summed E-state index contributed by atoms with van der Waals surface area (Å²) in [4.78, 5) is 37.0. The number of carboxylic acid groups (broad SMARTS) is 1. The second-order valence-electron chi connectivity index (χ2n) is 6.93. The van der Waals surface area contributed by atoms with Crippen molar-refractivity contribution in [2.75, 3.05) is 0 Å². The standard InChI is InChI=1S/C20H21ClN2O4/c1-20(2,3)23(18(25)15-6-4-5-7-16(15)19(26)27)22-17(24)14-10-8-13(12-21)9-11-14/h4-11H,12H2,1-3H3,(H,22,24)(H,26,27). The molecule has 2 rings (SSSR count). The normalized spacial score (nSPS) is 11.0. The van der Waals surface area contributed by atoms with Crippen molar-refractivity contribution in [2.45, 2.75) is 32.2 Å². The van der Waals surface area contributed by atoms with Gasteiger partial charge in [-0.3, -0.25) is 15.0 Å². The fourth-order valence-electron chi connectivity index (χ4n) is 2.41. The summed E-state index contributed by atoms with van der Waals surface area (Å²) < 4.78 is 0. The Morgan fingerprint density at radius 2 is 1.56 bits per heavy atom. The number of carboxylic acids is 1. The third-order valence-electron chi connectivity index (χ3n) is 3.85. The summed E-state index contributed by atoms with van der Waals surface area (Å²) in [6.07, 6.45) is 0. The molecule has 0 atom stereocenters. The van der Waals surface area contributed by atoms with Crippen LogP contribution in [0.5, 0.6) is 0 Å². The molecule has 0 heterocycles. The van der Waals surface area contributed by atoms with E-state index < -0.39 is 23.3 Å². The van der Waals surface area contributed by atoms with E-state index in [0.29, 0.717) is 11.4 Å². The lowest BCUT2D eigenvalue weighted by Gasteiger charge is -2.35. The lowest BCUT2D eigenvalue weighted by atomic mass is 10.0. The predicted molar refractivity (Wildman–Crippen MR) is 103 cm³/mol. The van der Waals surface area contributed by atoms with E-state index in [1.54, 1.807) is 57.2 Å². The number of hydrogen-bond donors (Lipinski definition) is 2. The molecule has 0 unspecified atom stereocenters. The fraction of sp³-hybridized carbons (Fsp3) is 0.250. The molecule has 0 radical (unpaired) electrons. The maximum Gasteiger partial charge on any atom is 0.336 e. The van der Waals surface area contributed by atoms with Crippen molar-refractivity contribution in [1.29, 1.82) is 0 Å². The zero-order valence-corrected chi connectivity index (χ0v) is 16.1. The fourth-order valence-corrected chi connectivity index (χ4v) is 2.59. The second-order valence-corrected chi connectivity index (χ2v) is 7.20. The van der Waals surface area contributed by atoms with Crippen molar-refractivity contribution in [3.8, 4) is 0 Å². The van der Waals surface area contributed by atoms with Crippen LogP contribution in [0.25, 0.3) is 0 Å². The highest BCUT2D eigenvalue weighted by Gasteiger charge is 2.31. The molecule has 142 valence electrons. The Morgan fingerprint density at radius 1 is 1.00 bits per heavy atom. The van der Waals surface area contributed by atoms with Gasteiger partial charge in [0.05, 0.1) is 16.7 Å². The van der Waals surface area contributed by atoms with Gasteiger partial charge < -0.3 is 5.11 Å². The van der Waals surface area contributed by atoms with E-state index >= 15 is 0 Å². The predicted octanol–water partition coefficient (Wildman–Crippen LogP) is 3.71. The molecule has 7 heteroatoms. The molecule has 2 aromatic rings. The molecule has 2 aromatic carbocycles. The minimum atomic E-state index is -1.21. The molecular formula is C20H21ClN2O4. The molecule has 2 N–H and O–H groups in total. The number of hydrogen-bond acceptors (Lipinski definition) is 3. The van der Waals surface area contributed by atoms with Gasteiger partial charge in [-0.05, 0) is 50.6 Å². The molecule has 27 heavy (non-hydrogen) atoms. The van der Waals surface area contributed by atoms with Crippen LogP contribution in [0.15, 0.2) is 48.5 Å². The van der Waals surface area contributed by atoms with Crippen molar-refractivity contribution in [1.82, 2.24) is 10.4 Å². The van der Waals surface area contributed by atoms with Gasteiger partial charge in [-0.1, -0.05) is 24.3 Å². The molecule has 6 nitrogen and oxygen atoms in total. The van der Waals surface area contributed by atoms with Crippen LogP contribution in [0.2, 0.25) is 0 Å². The number of nitrogens with one attached hydrogen (secondary N) is 1. The smallest absolute Gasteiger partial charge is 0.336 e. The zero-order valence-electron chi connectivity index (χ0n) is 15.3. The van der Waals surface area contributed by atoms with Gasteiger partial charge in [0.2, 0.25) is 0 Å². The summed E-state index contributed by atoms with van der Waals surface area (Å²) >= 11 is 5.75. The van der Waals surface area contributed by atoms with E-state index in [1.807, 2.05) is 0 Å². The first-order valence-electron chi connectivity index (χ1n) is 8.28. The van der Waals surface area contributed by atoms with Crippen LogP contribution in [0.4, 0.5) is 0 Å². The monoisotopic (exact) mass is 388 g/mol. The molecule has 2 amide bonds. The SMILES string of the molecule is CC(C)(C)N(NC(=O)c1ccc(CCl)cc1)C(=O)c1ccccc1C(=O)O. The van der Waals surface area contributed by atoms with Gasteiger partial charge in [0.15, 0.2) is 0 Å². The van der Waals surface area contributed by atoms with Gasteiger partial charge in [0.25, 0.3) is 11.8 Å². The first kappa shape index (κ1) is 20.5. The van der Waals surface area contributed by atoms with Crippen molar-refractivity contribution < 1.29 is 19.5 Å². The number of nitrogens with zero attached hydrogens (tertiary/aromatic N) is 1. The van der Waals surface area contributed by atoms with Crippen LogP contribution < -0.4 is 5.43 Å². The summed E-state index contributed by atoms with van der Waals surface area (Å²) in [7, 11) is 0. The highest BCUT2D eigenvalue weighted by molar-refractivity contribution is 6.17. The first-order chi connectivity index (χ1) is 12.6. The molecule has 0 fully saturated rings. The summed E-state index contributed by atoms with van der Waals surface area (Å²) in [6, 6.07) is 12.6. The van der Waals surface area contributed by atoms with Gasteiger partial charge in [-0.25, -0.2) is 9.80 Å². The topological polar surface area (TPSA) is 86.7 Å². The average Bonchev–Trinajstić information content (AvgIpc) is 2.64. The number of carbonyl (C=O) groups excluding carboxylic acids is 2. The van der Waals surface area contributed by atoms with E-state index in [1.165, 1.54) is 12.1 Å². The van der Waals surface area contributed by atoms with Gasteiger partial charge in [-0.15, -0.1) is 11.6 Å². The lowest BCUT2D eigenvalue weighted by molar-refractivity contribution is 0.0355. The van der Waals surface area contributed by atoms with Crippen molar-refractivity contribution >= 4 is 29.4 Å². The summed E-state index contributed by atoms with van der Waals surface area (Å²) in [5.41, 5.74) is 2.91. The van der Waals surface area contributed by atoms with Crippen LogP contribution in [0.1, 0.15) is 57.4 Å². The van der Waals surface area contributed by atoms with Gasteiger partial charge in [-0.2, -0.15) is 0 Å². The van der Waals surface area contributed by atoms with Crippen LogP contribution in [0, 0.1) is 0 Å². The Labute approximate surface area is 162 Å². The Hall–Kier alpha value is -2.86. The van der Waals surface area contributed by atoms with Crippen LogP contribution in [0.3, 0.4) is 0 Å². The summed E-state index contributed by atoms with van der Waals surface area (Å²) in [5, 5.41) is 10.5. The molecule has 0 aliphatic rings. The molecule has 0 aliphatic heterocycles. The number of rotatable bonds is 4. The minimum Gasteiger partial charge on any atom is -0.478 e. The third-order valence-corrected chi connectivity index (χ3v) is 4.15. The third kappa shape index (κ3) is 4.86. The number of hydrazine groups is 1. The number of aromatic carboxylic acids is 1. The van der Waals surface area contributed by atoms with E-state index in [9.17, 15) is 19.5 Å². The largest absolute Gasteiger partial charge is 0.478 e. The highest BCUT2D eigenvalue weighted by atomic mass is 35.5. The Balaban J connectivity index is 2.34. The van der Waals surface area contributed by atoms with Crippen LogP contribution >= 0.6 is 11.6 Å². The number of amides is 2. The van der Waals surface area contributed by atoms with E-state index in [2.05, 4.69) is 5.43 Å². The Kier molecular flexibility index (Phi) is 6.23. The van der Waals surface area contributed by atoms with E-state index in [0.717, 1.165) is 10.6 Å². The maximum atomic E-state index is 13.0. The van der Waals surface area contributed by atoms with E-state index in [-0.39, 0.29) is 11.1 Å². The molecule has 0 aliphatic carbocycles. The molecule has 0 spiro atoms. The second kappa shape index (κ2) is 8.22.